The van der Waals surface area contributed by atoms with Crippen molar-refractivity contribution < 1.29 is 36.0 Å². The number of rotatable bonds is 7. The number of alkyl halides is 3. The molecule has 1 N–H and O–H groups in total. The maximum atomic E-state index is 15.0. The predicted molar refractivity (Wildman–Crippen MR) is 147 cm³/mol. The van der Waals surface area contributed by atoms with Crippen LogP contribution in [-0.2, 0) is 23.6 Å². The Balaban J connectivity index is 1.78. The van der Waals surface area contributed by atoms with Gasteiger partial charge in [-0.2, -0.15) is 13.2 Å². The highest BCUT2D eigenvalue weighted by Crippen LogP contribution is 2.40. The number of imidazole rings is 1. The first-order valence-electron chi connectivity index (χ1n) is 12.4. The topological polar surface area (TPSA) is 103 Å². The number of pyridine rings is 1. The normalized spacial score (nSPS) is 12.5. The number of halogens is 4. The zero-order valence-electron chi connectivity index (χ0n) is 22.8. The molecule has 0 aliphatic heterocycles. The van der Waals surface area contributed by atoms with Crippen molar-refractivity contribution >= 4 is 10.8 Å². The van der Waals surface area contributed by atoms with Crippen LogP contribution in [0.5, 0.6) is 5.88 Å². The summed E-state index contributed by atoms with van der Waals surface area (Å²) in [5.74, 6) is 0.282. The molecular weight excluding hydrogens is 576 g/mol. The van der Waals surface area contributed by atoms with Crippen LogP contribution < -0.4 is 4.74 Å². The lowest BCUT2D eigenvalue weighted by Gasteiger charge is -2.15. The zero-order chi connectivity index (χ0) is 30.3. The summed E-state index contributed by atoms with van der Waals surface area (Å²) < 4.78 is 80.4. The van der Waals surface area contributed by atoms with Gasteiger partial charge >= 0.3 is 6.18 Å². The Hall–Kier alpha value is -4.36. The standard InChI is InChI=1S/C29H24F4N4O4S/c1-15-35-25(29(31,32)33)13-37(15)23-7-5-17(19-10-22(30)21(14-38)24(11-19)42(4)39)9-20(23)27-28(41-16(2)36-27)18-6-8-26(40-3)34-12-18/h5-13,38H,14H2,1-4H3. The van der Waals surface area contributed by atoms with Gasteiger partial charge in [-0.1, -0.05) is 6.07 Å². The Labute approximate surface area is 240 Å². The lowest BCUT2D eigenvalue weighted by Crippen LogP contribution is -2.05. The second-order valence-electron chi connectivity index (χ2n) is 9.32. The number of aliphatic hydroxyl groups excluding tert-OH is 1. The third kappa shape index (κ3) is 5.44. The molecule has 0 saturated heterocycles. The van der Waals surface area contributed by atoms with E-state index in [0.29, 0.717) is 45.3 Å². The number of methoxy groups -OCH3 is 1. The first-order chi connectivity index (χ1) is 19.9. The molecule has 2 aromatic carbocycles. The van der Waals surface area contributed by atoms with Crippen LogP contribution in [0.3, 0.4) is 0 Å². The fraction of sp³-hybridized carbons (Fsp3) is 0.207. The Morgan fingerprint density at radius 1 is 1.05 bits per heavy atom. The van der Waals surface area contributed by atoms with Gasteiger partial charge in [-0.15, -0.1) is 0 Å². The molecule has 1 atom stereocenters. The highest BCUT2D eigenvalue weighted by atomic mass is 32.2. The summed E-state index contributed by atoms with van der Waals surface area (Å²) in [6, 6.07) is 10.8. The molecule has 0 fully saturated rings. The minimum Gasteiger partial charge on any atom is -0.481 e. The minimum absolute atomic E-state index is 0.0752. The average Bonchev–Trinajstić information content (AvgIpc) is 3.54. The maximum Gasteiger partial charge on any atom is 0.434 e. The molecule has 8 nitrogen and oxygen atoms in total. The fourth-order valence-corrected chi connectivity index (χ4v) is 5.40. The highest BCUT2D eigenvalue weighted by molar-refractivity contribution is 7.84. The van der Waals surface area contributed by atoms with Gasteiger partial charge in [0.2, 0.25) is 5.88 Å². The van der Waals surface area contributed by atoms with E-state index >= 15 is 0 Å². The molecule has 0 spiro atoms. The van der Waals surface area contributed by atoms with Crippen LogP contribution in [0.25, 0.3) is 39.4 Å². The van der Waals surface area contributed by atoms with Gasteiger partial charge in [-0.05, 0) is 48.4 Å². The second kappa shape index (κ2) is 11.1. The van der Waals surface area contributed by atoms with E-state index in [0.717, 1.165) is 6.20 Å². The highest BCUT2D eigenvalue weighted by Gasteiger charge is 2.35. The SMILES string of the molecule is COc1ccc(-c2oc(C)nc2-c2cc(-c3cc(F)c(CO)c(S(C)=O)c3)ccc2-n2cc(C(F)(F)F)nc2C)cn1. The van der Waals surface area contributed by atoms with Crippen molar-refractivity contribution in [1.82, 2.24) is 19.5 Å². The smallest absolute Gasteiger partial charge is 0.434 e. The number of aryl methyl sites for hydroxylation is 2. The van der Waals surface area contributed by atoms with Crippen LogP contribution in [0.2, 0.25) is 0 Å². The number of nitrogens with zero attached hydrogens (tertiary/aromatic N) is 4. The van der Waals surface area contributed by atoms with Crippen LogP contribution >= 0.6 is 0 Å². The third-order valence-corrected chi connectivity index (χ3v) is 7.57. The molecule has 0 saturated carbocycles. The molecule has 0 radical (unpaired) electrons. The predicted octanol–water partition coefficient (Wildman–Crippen LogP) is 6.27. The van der Waals surface area contributed by atoms with Gasteiger partial charge in [0.05, 0.1) is 30.2 Å². The lowest BCUT2D eigenvalue weighted by molar-refractivity contribution is -0.141. The molecule has 0 bridgehead atoms. The van der Waals surface area contributed by atoms with E-state index < -0.39 is 35.1 Å². The van der Waals surface area contributed by atoms with Crippen molar-refractivity contribution in [2.75, 3.05) is 13.4 Å². The van der Waals surface area contributed by atoms with Crippen molar-refractivity contribution in [3.63, 3.8) is 0 Å². The summed E-state index contributed by atoms with van der Waals surface area (Å²) in [6.45, 7) is 2.44. The summed E-state index contributed by atoms with van der Waals surface area (Å²) in [5, 5.41) is 9.63. The molecule has 1 unspecified atom stereocenters. The molecule has 42 heavy (non-hydrogen) atoms. The van der Waals surface area contributed by atoms with E-state index in [1.54, 1.807) is 37.3 Å². The molecule has 5 aromatic rings. The van der Waals surface area contributed by atoms with Crippen LogP contribution in [0.4, 0.5) is 17.6 Å². The van der Waals surface area contributed by atoms with E-state index in [4.69, 9.17) is 9.15 Å². The first-order valence-corrected chi connectivity index (χ1v) is 14.0. The molecule has 0 aliphatic rings. The van der Waals surface area contributed by atoms with Gasteiger partial charge in [0.25, 0.3) is 0 Å². The number of benzene rings is 2. The number of aliphatic hydroxyl groups is 1. The summed E-state index contributed by atoms with van der Waals surface area (Å²) in [4.78, 5) is 12.6. The number of hydrogen-bond acceptors (Lipinski definition) is 7. The van der Waals surface area contributed by atoms with Crippen molar-refractivity contribution in [2.45, 2.75) is 31.5 Å². The average molecular weight is 601 g/mol. The van der Waals surface area contributed by atoms with Gasteiger partial charge in [-0.25, -0.2) is 19.3 Å². The van der Waals surface area contributed by atoms with E-state index in [9.17, 15) is 26.9 Å². The molecule has 0 aliphatic carbocycles. The van der Waals surface area contributed by atoms with E-state index in [1.807, 2.05) is 0 Å². The minimum atomic E-state index is -4.67. The molecule has 13 heteroatoms. The molecule has 0 amide bonds. The van der Waals surface area contributed by atoms with E-state index in [-0.39, 0.29) is 22.2 Å². The van der Waals surface area contributed by atoms with Gasteiger partial charge < -0.3 is 18.8 Å². The molecule has 3 heterocycles. The van der Waals surface area contributed by atoms with Gasteiger partial charge in [0.1, 0.15) is 17.3 Å². The second-order valence-corrected chi connectivity index (χ2v) is 10.7. The van der Waals surface area contributed by atoms with Crippen LogP contribution in [0, 0.1) is 19.7 Å². The number of aromatic nitrogens is 4. The van der Waals surface area contributed by atoms with E-state index in [1.165, 1.54) is 43.2 Å². The Kier molecular flexibility index (Phi) is 7.73. The summed E-state index contributed by atoms with van der Waals surface area (Å²) in [6.07, 6.45) is -0.885. The van der Waals surface area contributed by atoms with Gasteiger partial charge in [0.15, 0.2) is 17.3 Å². The Morgan fingerprint density at radius 2 is 1.79 bits per heavy atom. The molecule has 218 valence electrons. The quantitative estimate of drug-likeness (QED) is 0.220. The van der Waals surface area contributed by atoms with Crippen molar-refractivity contribution in [3.8, 4) is 45.3 Å². The maximum absolute atomic E-state index is 15.0. The number of oxazole rings is 1. The fourth-order valence-electron chi connectivity index (χ4n) is 4.60. The van der Waals surface area contributed by atoms with E-state index in [2.05, 4.69) is 15.0 Å². The van der Waals surface area contributed by atoms with Crippen molar-refractivity contribution in [2.24, 2.45) is 0 Å². The van der Waals surface area contributed by atoms with Crippen LogP contribution in [0.1, 0.15) is 23.0 Å². The number of hydrogen-bond donors (Lipinski definition) is 1. The summed E-state index contributed by atoms with van der Waals surface area (Å²) >= 11 is 0. The Morgan fingerprint density at radius 3 is 2.38 bits per heavy atom. The van der Waals surface area contributed by atoms with Gasteiger partial charge in [0, 0.05) is 53.2 Å². The monoisotopic (exact) mass is 600 g/mol. The largest absolute Gasteiger partial charge is 0.481 e. The van der Waals surface area contributed by atoms with Crippen molar-refractivity contribution in [3.05, 3.63) is 83.6 Å². The van der Waals surface area contributed by atoms with Crippen LogP contribution in [-0.4, -0.2) is 42.2 Å². The lowest BCUT2D eigenvalue weighted by atomic mass is 9.97. The molecular formula is C29H24F4N4O4S. The zero-order valence-corrected chi connectivity index (χ0v) is 23.6. The molecule has 3 aromatic heterocycles. The van der Waals surface area contributed by atoms with Crippen LogP contribution in [0.15, 0.2) is 64.2 Å². The van der Waals surface area contributed by atoms with Crippen molar-refractivity contribution in [1.29, 1.82) is 0 Å². The first kappa shape index (κ1) is 29.1. The summed E-state index contributed by atoms with van der Waals surface area (Å²) in [5.41, 5.74) is 1.14. The third-order valence-electron chi connectivity index (χ3n) is 6.58. The molecule has 5 rings (SSSR count). The van der Waals surface area contributed by atoms with Gasteiger partial charge in [-0.3, -0.25) is 4.21 Å². The number of ether oxygens (including phenoxy) is 1. The Bertz CT molecular complexity index is 1810. The summed E-state index contributed by atoms with van der Waals surface area (Å²) in [7, 11) is -0.137.